The summed E-state index contributed by atoms with van der Waals surface area (Å²) in [6.07, 6.45) is 0.875. The molecule has 1 amide bonds. The van der Waals surface area contributed by atoms with E-state index >= 15 is 0 Å². The molecule has 0 aliphatic heterocycles. The van der Waals surface area contributed by atoms with E-state index in [4.69, 9.17) is 29.4 Å². The zero-order valence-corrected chi connectivity index (χ0v) is 14.6. The van der Waals surface area contributed by atoms with Crippen molar-refractivity contribution in [2.45, 2.75) is 6.42 Å². The lowest BCUT2D eigenvalue weighted by atomic mass is 10.2. The molecule has 8 nitrogen and oxygen atoms in total. The molecule has 0 aromatic heterocycles. The van der Waals surface area contributed by atoms with Crippen molar-refractivity contribution in [2.75, 3.05) is 60.0 Å². The first kappa shape index (κ1) is 21.2. The Morgan fingerprint density at radius 2 is 1.56 bits per heavy atom. The standard InChI is InChI=1S/C17H27NO7/c1-21-5-2-6-22-7-8-23-9-10-24-11-12-25-16-4-3-14(17(18)20)13-15(16)19/h3-4,13,19H,2,5-12H2,1H3,(H2,18,20). The molecule has 142 valence electrons. The molecule has 1 aromatic rings. The number of ether oxygens (including phenoxy) is 5. The highest BCUT2D eigenvalue weighted by atomic mass is 16.6. The van der Waals surface area contributed by atoms with Gasteiger partial charge in [-0.15, -0.1) is 0 Å². The van der Waals surface area contributed by atoms with Gasteiger partial charge in [0.15, 0.2) is 11.5 Å². The van der Waals surface area contributed by atoms with E-state index < -0.39 is 5.91 Å². The largest absolute Gasteiger partial charge is 0.504 e. The molecule has 3 N–H and O–H groups in total. The third-order valence-corrected chi connectivity index (χ3v) is 3.11. The third-order valence-electron chi connectivity index (χ3n) is 3.11. The van der Waals surface area contributed by atoms with Gasteiger partial charge < -0.3 is 34.5 Å². The normalized spacial score (nSPS) is 10.8. The lowest BCUT2D eigenvalue weighted by molar-refractivity contribution is 0.00658. The van der Waals surface area contributed by atoms with Gasteiger partial charge in [0.25, 0.3) is 0 Å². The Labute approximate surface area is 147 Å². The van der Waals surface area contributed by atoms with Gasteiger partial charge in [0.05, 0.1) is 33.0 Å². The van der Waals surface area contributed by atoms with E-state index in [1.165, 1.54) is 18.2 Å². The molecule has 0 aliphatic carbocycles. The van der Waals surface area contributed by atoms with Crippen molar-refractivity contribution in [2.24, 2.45) is 5.73 Å². The van der Waals surface area contributed by atoms with Crippen LogP contribution in [0.3, 0.4) is 0 Å². The summed E-state index contributed by atoms with van der Waals surface area (Å²) in [5.74, 6) is -0.467. The van der Waals surface area contributed by atoms with Crippen molar-refractivity contribution < 1.29 is 33.6 Å². The molecule has 0 saturated carbocycles. The Hall–Kier alpha value is -1.87. The zero-order valence-electron chi connectivity index (χ0n) is 14.6. The van der Waals surface area contributed by atoms with Crippen LogP contribution < -0.4 is 10.5 Å². The minimum absolute atomic E-state index is 0.134. The van der Waals surface area contributed by atoms with Crippen LogP contribution in [0.1, 0.15) is 16.8 Å². The number of primary amides is 1. The number of aromatic hydroxyl groups is 1. The predicted molar refractivity (Wildman–Crippen MR) is 91.1 cm³/mol. The average Bonchev–Trinajstić information content (AvgIpc) is 2.60. The molecule has 0 aliphatic rings. The van der Waals surface area contributed by atoms with Crippen LogP contribution in [0.2, 0.25) is 0 Å². The van der Waals surface area contributed by atoms with E-state index in [1.807, 2.05) is 0 Å². The third kappa shape index (κ3) is 9.88. The Kier molecular flexibility index (Phi) is 11.4. The number of rotatable bonds is 15. The molecule has 25 heavy (non-hydrogen) atoms. The fourth-order valence-electron chi connectivity index (χ4n) is 1.85. The summed E-state index contributed by atoms with van der Waals surface area (Å²) in [4.78, 5) is 11.0. The Morgan fingerprint density at radius 1 is 0.960 bits per heavy atom. The van der Waals surface area contributed by atoms with Gasteiger partial charge >= 0.3 is 0 Å². The fraction of sp³-hybridized carbons (Fsp3) is 0.588. The summed E-state index contributed by atoms with van der Waals surface area (Å²) < 4.78 is 26.3. The molecule has 8 heteroatoms. The second kappa shape index (κ2) is 13.4. The number of carbonyl (C=O) groups is 1. The molecule has 0 radical (unpaired) electrons. The second-order valence-corrected chi connectivity index (χ2v) is 5.08. The van der Waals surface area contributed by atoms with E-state index in [-0.39, 0.29) is 23.7 Å². The number of methoxy groups -OCH3 is 1. The molecule has 0 heterocycles. The Bertz CT molecular complexity index is 496. The van der Waals surface area contributed by atoms with Gasteiger partial charge in [-0.25, -0.2) is 0 Å². The van der Waals surface area contributed by atoms with Crippen LogP contribution in [-0.4, -0.2) is 71.0 Å². The highest BCUT2D eigenvalue weighted by molar-refractivity contribution is 5.93. The summed E-state index contributed by atoms with van der Waals surface area (Å²) in [7, 11) is 1.66. The van der Waals surface area contributed by atoms with Crippen molar-refractivity contribution in [1.29, 1.82) is 0 Å². The van der Waals surface area contributed by atoms with Crippen LogP contribution in [0.15, 0.2) is 18.2 Å². The molecule has 0 unspecified atom stereocenters. The van der Waals surface area contributed by atoms with E-state index in [1.54, 1.807) is 7.11 Å². The molecule has 0 fully saturated rings. The number of benzene rings is 1. The monoisotopic (exact) mass is 357 g/mol. The van der Waals surface area contributed by atoms with Crippen LogP contribution in [-0.2, 0) is 18.9 Å². The molecule has 1 aromatic carbocycles. The summed E-state index contributed by atoms with van der Waals surface area (Å²) in [6.45, 7) is 3.97. The van der Waals surface area contributed by atoms with Crippen LogP contribution in [0.4, 0.5) is 0 Å². The maximum absolute atomic E-state index is 11.0. The van der Waals surface area contributed by atoms with Crippen molar-refractivity contribution in [1.82, 2.24) is 0 Å². The van der Waals surface area contributed by atoms with Gasteiger partial charge in [0.1, 0.15) is 6.61 Å². The molecule has 0 saturated heterocycles. The highest BCUT2D eigenvalue weighted by Crippen LogP contribution is 2.26. The lowest BCUT2D eigenvalue weighted by Crippen LogP contribution is -2.13. The van der Waals surface area contributed by atoms with Crippen LogP contribution in [0, 0.1) is 0 Å². The number of carbonyl (C=O) groups excluding carboxylic acids is 1. The number of phenolic OH excluding ortho intramolecular Hbond substituents is 1. The fourth-order valence-corrected chi connectivity index (χ4v) is 1.85. The van der Waals surface area contributed by atoms with Crippen LogP contribution >= 0.6 is 0 Å². The predicted octanol–water partition coefficient (Wildman–Crippen LogP) is 0.956. The minimum Gasteiger partial charge on any atom is -0.504 e. The summed E-state index contributed by atoms with van der Waals surface area (Å²) >= 11 is 0. The number of hydrogen-bond acceptors (Lipinski definition) is 7. The quantitative estimate of drug-likeness (QED) is 0.450. The maximum atomic E-state index is 11.0. The molecule has 0 bridgehead atoms. The zero-order chi connectivity index (χ0) is 18.3. The maximum Gasteiger partial charge on any atom is 0.248 e. The van der Waals surface area contributed by atoms with E-state index in [9.17, 15) is 9.90 Å². The van der Waals surface area contributed by atoms with Crippen molar-refractivity contribution in [3.63, 3.8) is 0 Å². The first-order chi connectivity index (χ1) is 12.1. The summed E-state index contributed by atoms with van der Waals surface area (Å²) in [5, 5.41) is 9.72. The van der Waals surface area contributed by atoms with Crippen molar-refractivity contribution in [3.8, 4) is 11.5 Å². The first-order valence-electron chi connectivity index (χ1n) is 8.13. The highest BCUT2D eigenvalue weighted by Gasteiger charge is 2.07. The van der Waals surface area contributed by atoms with Gasteiger partial charge in [-0.1, -0.05) is 0 Å². The van der Waals surface area contributed by atoms with Crippen LogP contribution in [0.25, 0.3) is 0 Å². The Morgan fingerprint density at radius 3 is 2.12 bits per heavy atom. The average molecular weight is 357 g/mol. The minimum atomic E-state index is -0.606. The van der Waals surface area contributed by atoms with Crippen LogP contribution in [0.5, 0.6) is 11.5 Å². The van der Waals surface area contributed by atoms with Gasteiger partial charge in [-0.05, 0) is 24.6 Å². The number of hydrogen-bond donors (Lipinski definition) is 2. The van der Waals surface area contributed by atoms with Gasteiger partial charge in [-0.3, -0.25) is 4.79 Å². The van der Waals surface area contributed by atoms with E-state index in [2.05, 4.69) is 0 Å². The van der Waals surface area contributed by atoms with E-state index in [0.29, 0.717) is 46.2 Å². The Balaban J connectivity index is 1.96. The number of amides is 1. The smallest absolute Gasteiger partial charge is 0.248 e. The molecular formula is C17H27NO7. The van der Waals surface area contributed by atoms with Crippen molar-refractivity contribution in [3.05, 3.63) is 23.8 Å². The second-order valence-electron chi connectivity index (χ2n) is 5.08. The van der Waals surface area contributed by atoms with Crippen molar-refractivity contribution >= 4 is 5.91 Å². The molecule has 0 atom stereocenters. The molecular weight excluding hydrogens is 330 g/mol. The molecule has 0 spiro atoms. The lowest BCUT2D eigenvalue weighted by Gasteiger charge is -2.09. The summed E-state index contributed by atoms with van der Waals surface area (Å²) in [5.41, 5.74) is 5.35. The summed E-state index contributed by atoms with van der Waals surface area (Å²) in [6, 6.07) is 4.25. The van der Waals surface area contributed by atoms with Gasteiger partial charge in [-0.2, -0.15) is 0 Å². The van der Waals surface area contributed by atoms with Gasteiger partial charge in [0, 0.05) is 25.9 Å². The van der Waals surface area contributed by atoms with E-state index in [0.717, 1.165) is 6.42 Å². The number of phenols is 1. The number of nitrogens with two attached hydrogens (primary N) is 1. The van der Waals surface area contributed by atoms with Gasteiger partial charge in [0.2, 0.25) is 5.91 Å². The topological polar surface area (TPSA) is 109 Å². The molecule has 1 rings (SSSR count). The SMILES string of the molecule is COCCCOCCOCCOCCOc1ccc(C(N)=O)cc1O. The first-order valence-corrected chi connectivity index (χ1v) is 8.13.